The Morgan fingerprint density at radius 3 is 2.71 bits per heavy atom. The van der Waals surface area contributed by atoms with E-state index in [0.29, 0.717) is 22.2 Å². The maximum Gasteiger partial charge on any atom is 0.302 e. The predicted octanol–water partition coefficient (Wildman–Crippen LogP) is 5.73. The van der Waals surface area contributed by atoms with Gasteiger partial charge >= 0.3 is 5.97 Å². The summed E-state index contributed by atoms with van der Waals surface area (Å²) in [5, 5.41) is 0.682. The third-order valence-electron chi connectivity index (χ3n) is 9.15. The van der Waals surface area contributed by atoms with Crippen LogP contribution in [0, 0.1) is 28.6 Å². The second-order valence-corrected chi connectivity index (χ2v) is 12.9. The molecule has 156 valence electrons. The minimum absolute atomic E-state index is 0.0130. The van der Waals surface area contributed by atoms with Crippen LogP contribution in [0.1, 0.15) is 79.6 Å². The molecule has 0 aromatic rings. The summed E-state index contributed by atoms with van der Waals surface area (Å²) in [5.74, 6) is 2.26. The molecule has 1 heterocycles. The van der Waals surface area contributed by atoms with Gasteiger partial charge in [-0.1, -0.05) is 25.5 Å². The summed E-state index contributed by atoms with van der Waals surface area (Å²) in [6, 6.07) is 0. The fourth-order valence-electron chi connectivity index (χ4n) is 7.92. The van der Waals surface area contributed by atoms with Crippen molar-refractivity contribution in [2.75, 3.05) is 0 Å². The topological polar surface area (TPSA) is 35.5 Å². The Balaban J connectivity index is 1.39. The standard InChI is InChI=1S/C24H36O3S/c1-14(25)26-16-8-10-23(4)15(12-16)6-7-17-18(23)9-11-24(5)19(17)13-20-21(24)27-22(2,3)28-20/h6,16-21H,7-13H2,1-5H3/t16-,17-,18+,19+,20+,21+,23+,24+/m1/s1. The van der Waals surface area contributed by atoms with Crippen LogP contribution in [-0.2, 0) is 14.3 Å². The van der Waals surface area contributed by atoms with E-state index >= 15 is 0 Å². The maximum atomic E-state index is 11.4. The van der Waals surface area contributed by atoms with Gasteiger partial charge in [0.05, 0.1) is 6.10 Å². The van der Waals surface area contributed by atoms with E-state index in [1.807, 2.05) is 0 Å². The fourth-order valence-corrected chi connectivity index (χ4v) is 9.61. The Kier molecular flexibility index (Phi) is 4.36. The summed E-state index contributed by atoms with van der Waals surface area (Å²) in [5.41, 5.74) is 2.24. The zero-order valence-electron chi connectivity index (χ0n) is 18.1. The van der Waals surface area contributed by atoms with E-state index in [9.17, 15) is 4.79 Å². The highest BCUT2D eigenvalue weighted by Gasteiger charge is 2.64. The van der Waals surface area contributed by atoms with Gasteiger partial charge in [-0.3, -0.25) is 4.79 Å². The molecule has 8 atom stereocenters. The quantitative estimate of drug-likeness (QED) is 0.413. The monoisotopic (exact) mass is 404 g/mol. The van der Waals surface area contributed by atoms with Gasteiger partial charge < -0.3 is 9.47 Å². The average Bonchev–Trinajstić information content (AvgIpc) is 3.05. The lowest BCUT2D eigenvalue weighted by Gasteiger charge is -2.58. The van der Waals surface area contributed by atoms with Crippen LogP contribution in [0.4, 0.5) is 0 Å². The minimum atomic E-state index is -0.130. The van der Waals surface area contributed by atoms with E-state index in [-0.39, 0.29) is 17.0 Å². The van der Waals surface area contributed by atoms with Crippen LogP contribution in [-0.4, -0.2) is 28.4 Å². The van der Waals surface area contributed by atoms with Crippen molar-refractivity contribution in [3.63, 3.8) is 0 Å². The van der Waals surface area contributed by atoms with Gasteiger partial charge in [-0.25, -0.2) is 0 Å². The summed E-state index contributed by atoms with van der Waals surface area (Å²) >= 11 is 2.08. The molecule has 0 unspecified atom stereocenters. The molecule has 0 N–H and O–H groups in total. The van der Waals surface area contributed by atoms with Gasteiger partial charge in [0.2, 0.25) is 0 Å². The molecule has 0 spiro atoms. The zero-order valence-corrected chi connectivity index (χ0v) is 18.9. The number of hydrogen-bond acceptors (Lipinski definition) is 4. The van der Waals surface area contributed by atoms with Gasteiger partial charge in [0.15, 0.2) is 0 Å². The van der Waals surface area contributed by atoms with Crippen LogP contribution in [0.5, 0.6) is 0 Å². The predicted molar refractivity (Wildman–Crippen MR) is 113 cm³/mol. The Hall–Kier alpha value is -0.480. The van der Waals surface area contributed by atoms with Gasteiger partial charge in [0.1, 0.15) is 11.0 Å². The number of ether oxygens (including phenoxy) is 2. The Morgan fingerprint density at radius 1 is 1.18 bits per heavy atom. The number of hydrogen-bond donors (Lipinski definition) is 0. The molecule has 0 aromatic carbocycles. The van der Waals surface area contributed by atoms with Gasteiger partial charge in [-0.2, -0.15) is 0 Å². The van der Waals surface area contributed by atoms with Crippen LogP contribution < -0.4 is 0 Å². The molecule has 0 aromatic heterocycles. The third-order valence-corrected chi connectivity index (χ3v) is 10.6. The lowest BCUT2D eigenvalue weighted by Crippen LogP contribution is -2.51. The van der Waals surface area contributed by atoms with Crippen molar-refractivity contribution in [1.29, 1.82) is 0 Å². The number of allylic oxidation sites excluding steroid dienone is 1. The SMILES string of the molecule is CC(=O)O[C@@H]1CC[C@@]2(C)C(=CC[C@H]3[C@@H]4C[C@@H]5SC(C)(C)O[C@@H]5[C@@]4(C)CC[C@@H]32)C1. The first kappa shape index (κ1) is 19.5. The summed E-state index contributed by atoms with van der Waals surface area (Å²) in [6.07, 6.45) is 11.4. The van der Waals surface area contributed by atoms with Crippen molar-refractivity contribution < 1.29 is 14.3 Å². The molecule has 5 aliphatic rings. The summed E-state index contributed by atoms with van der Waals surface area (Å²) in [4.78, 5) is 11.4. The molecule has 0 bridgehead atoms. The fraction of sp³-hybridized carbons (Fsp3) is 0.875. The maximum absolute atomic E-state index is 11.4. The molecule has 4 heteroatoms. The van der Waals surface area contributed by atoms with Crippen molar-refractivity contribution in [3.05, 3.63) is 11.6 Å². The highest BCUT2D eigenvalue weighted by atomic mass is 32.2. The van der Waals surface area contributed by atoms with E-state index in [2.05, 4.69) is 45.5 Å². The highest BCUT2D eigenvalue weighted by Crippen LogP contribution is 2.68. The average molecular weight is 405 g/mol. The molecular weight excluding hydrogens is 368 g/mol. The highest BCUT2D eigenvalue weighted by molar-refractivity contribution is 8.01. The Morgan fingerprint density at radius 2 is 1.96 bits per heavy atom. The smallest absolute Gasteiger partial charge is 0.302 e. The lowest BCUT2D eigenvalue weighted by molar-refractivity contribution is -0.149. The molecular formula is C24H36O3S. The Labute approximate surface area is 174 Å². The van der Waals surface area contributed by atoms with Gasteiger partial charge in [-0.15, -0.1) is 11.8 Å². The van der Waals surface area contributed by atoms with Gasteiger partial charge in [-0.05, 0) is 81.0 Å². The molecule has 5 rings (SSSR count). The molecule has 3 saturated carbocycles. The second kappa shape index (κ2) is 6.26. The van der Waals surface area contributed by atoms with Gasteiger partial charge in [0, 0.05) is 18.6 Å². The third kappa shape index (κ3) is 2.76. The molecule has 3 nitrogen and oxygen atoms in total. The first-order chi connectivity index (χ1) is 13.1. The van der Waals surface area contributed by atoms with Crippen LogP contribution >= 0.6 is 11.8 Å². The van der Waals surface area contributed by atoms with Crippen LogP contribution in [0.15, 0.2) is 11.6 Å². The normalized spacial score (nSPS) is 51.4. The van der Waals surface area contributed by atoms with Crippen molar-refractivity contribution in [2.24, 2.45) is 28.6 Å². The lowest BCUT2D eigenvalue weighted by atomic mass is 9.48. The summed E-state index contributed by atoms with van der Waals surface area (Å²) in [6.45, 7) is 11.1. The van der Waals surface area contributed by atoms with Crippen LogP contribution in [0.2, 0.25) is 0 Å². The van der Waals surface area contributed by atoms with Crippen LogP contribution in [0.3, 0.4) is 0 Å². The number of thioether (sulfide) groups is 1. The van der Waals surface area contributed by atoms with Crippen molar-refractivity contribution in [1.82, 2.24) is 0 Å². The number of fused-ring (bicyclic) bond motifs is 7. The van der Waals surface area contributed by atoms with Crippen LogP contribution in [0.25, 0.3) is 0 Å². The first-order valence-corrected chi connectivity index (χ1v) is 12.2. The minimum Gasteiger partial charge on any atom is -0.462 e. The Bertz CT molecular complexity index is 715. The molecule has 4 aliphatic carbocycles. The van der Waals surface area contributed by atoms with E-state index in [1.165, 1.54) is 32.1 Å². The van der Waals surface area contributed by atoms with Crippen molar-refractivity contribution in [2.45, 2.75) is 102 Å². The van der Waals surface area contributed by atoms with E-state index in [0.717, 1.165) is 30.6 Å². The summed E-state index contributed by atoms with van der Waals surface area (Å²) < 4.78 is 12.2. The zero-order chi connectivity index (χ0) is 19.9. The molecule has 0 amide bonds. The molecule has 1 aliphatic heterocycles. The molecule has 0 radical (unpaired) electrons. The first-order valence-electron chi connectivity index (χ1n) is 11.3. The molecule has 1 saturated heterocycles. The number of rotatable bonds is 1. The second-order valence-electron chi connectivity index (χ2n) is 11.1. The largest absolute Gasteiger partial charge is 0.462 e. The number of carbonyl (C=O) groups excluding carboxylic acids is 1. The van der Waals surface area contributed by atoms with Crippen molar-refractivity contribution in [3.8, 4) is 0 Å². The molecule has 28 heavy (non-hydrogen) atoms. The number of carbonyl (C=O) groups is 1. The van der Waals surface area contributed by atoms with E-state index in [4.69, 9.17) is 9.47 Å². The van der Waals surface area contributed by atoms with Gasteiger partial charge in [0.25, 0.3) is 0 Å². The summed E-state index contributed by atoms with van der Waals surface area (Å²) in [7, 11) is 0. The van der Waals surface area contributed by atoms with Crippen molar-refractivity contribution >= 4 is 17.7 Å². The number of esters is 1. The van der Waals surface area contributed by atoms with E-state index < -0.39 is 0 Å². The van der Waals surface area contributed by atoms with E-state index in [1.54, 1.807) is 12.5 Å². The molecule has 4 fully saturated rings.